The van der Waals surface area contributed by atoms with E-state index in [1.165, 1.54) is 45.4 Å². The van der Waals surface area contributed by atoms with Crippen LogP contribution in [0, 0.1) is 0 Å². The number of ether oxygens (including phenoxy) is 1. The van der Waals surface area contributed by atoms with Crippen LogP contribution in [0.25, 0.3) is 11.2 Å². The number of aliphatic hydroxyl groups is 1. The second-order valence-corrected chi connectivity index (χ2v) is 17.2. The van der Waals surface area contributed by atoms with E-state index in [2.05, 4.69) is 125 Å². The van der Waals surface area contributed by atoms with Gasteiger partial charge in [0.15, 0.2) is 16.9 Å². The molecule has 0 bridgehead atoms. The van der Waals surface area contributed by atoms with Gasteiger partial charge in [0.05, 0.1) is 30.8 Å². The zero-order valence-electron chi connectivity index (χ0n) is 33.1. The molecule has 306 valence electrons. The van der Waals surface area contributed by atoms with Crippen LogP contribution < -0.4 is 16.2 Å². The molecule has 1 fully saturated rings. The van der Waals surface area contributed by atoms with Crippen LogP contribution in [-0.4, -0.2) is 77.6 Å². The predicted molar refractivity (Wildman–Crippen MR) is 220 cm³/mol. The number of amides is 1. The normalized spacial score (nSPS) is 22.4. The Kier molecular flexibility index (Phi) is 12.0. The summed E-state index contributed by atoms with van der Waals surface area (Å²) in [5, 5.41) is 16.9. The maximum Gasteiger partial charge on any atom is 0.526 e. The summed E-state index contributed by atoms with van der Waals surface area (Å²) in [6.07, 6.45) is 12.1. The molecule has 15 nitrogen and oxygen atoms in total. The van der Waals surface area contributed by atoms with Crippen molar-refractivity contribution in [3.05, 3.63) is 119 Å². The number of carbonyl (C=O) groups excluding carboxylic acids is 1. The minimum absolute atomic E-state index is 0.103. The Balaban J connectivity index is 0.835. The van der Waals surface area contributed by atoms with E-state index in [9.17, 15) is 24.2 Å². The van der Waals surface area contributed by atoms with E-state index >= 15 is 0 Å². The van der Waals surface area contributed by atoms with E-state index in [1.807, 2.05) is 0 Å². The molecule has 2 aromatic carbocycles. The Morgan fingerprint density at radius 2 is 1.83 bits per heavy atom. The molecular formula is C42H51N7O8P+. The maximum atomic E-state index is 12.4. The molecular weight excluding hydrogens is 761 g/mol. The maximum absolute atomic E-state index is 12.4. The van der Waals surface area contributed by atoms with Crippen molar-refractivity contribution in [3.8, 4) is 0 Å². The van der Waals surface area contributed by atoms with Gasteiger partial charge in [0.25, 0.3) is 5.56 Å². The number of allylic oxidation sites excluding steroid dienone is 4. The second kappa shape index (κ2) is 17.0. The van der Waals surface area contributed by atoms with Crippen LogP contribution in [-0.2, 0) is 34.0 Å². The number of fused-ring (bicyclic) bond motifs is 3. The molecule has 1 amide bonds. The number of unbranched alkanes of at least 4 members (excludes halogenated alkanes) is 3. The van der Waals surface area contributed by atoms with Crippen LogP contribution >= 0.6 is 7.82 Å². The number of phosphoric ester groups is 1. The van der Waals surface area contributed by atoms with E-state index in [0.29, 0.717) is 6.54 Å². The zero-order valence-corrected chi connectivity index (χ0v) is 34.0. The van der Waals surface area contributed by atoms with Gasteiger partial charge in [0, 0.05) is 60.0 Å². The number of aromatic amines is 1. The topological polar surface area (TPSA) is 193 Å². The number of imidazole rings is 1. The van der Waals surface area contributed by atoms with Crippen molar-refractivity contribution in [3.63, 3.8) is 0 Å². The fourth-order valence-corrected chi connectivity index (χ4v) is 8.56. The molecule has 0 spiro atoms. The van der Waals surface area contributed by atoms with E-state index < -0.39 is 44.3 Å². The highest BCUT2D eigenvalue weighted by atomic mass is 31.2. The molecule has 4 unspecified atom stereocenters. The van der Waals surface area contributed by atoms with Crippen LogP contribution in [0.3, 0.4) is 0 Å². The van der Waals surface area contributed by atoms with Crippen LogP contribution in [0.2, 0.25) is 0 Å². The first-order valence-electron chi connectivity index (χ1n) is 19.6. The van der Waals surface area contributed by atoms with E-state index in [0.717, 1.165) is 50.3 Å². The van der Waals surface area contributed by atoms with Gasteiger partial charge >= 0.3 is 7.82 Å². The number of H-pyrrole nitrogens is 1. The van der Waals surface area contributed by atoms with Crippen LogP contribution in [0.4, 0.5) is 11.4 Å². The Morgan fingerprint density at radius 1 is 1.07 bits per heavy atom. The third-order valence-corrected chi connectivity index (χ3v) is 12.0. The average Bonchev–Trinajstić information content (AvgIpc) is 3.91. The largest absolute Gasteiger partial charge is 0.526 e. The van der Waals surface area contributed by atoms with Gasteiger partial charge in [0.1, 0.15) is 25.1 Å². The van der Waals surface area contributed by atoms with Crippen LogP contribution in [0.5, 0.6) is 0 Å². The third kappa shape index (κ3) is 8.64. The number of aliphatic hydroxyl groups excluding tert-OH is 1. The highest BCUT2D eigenvalue weighted by Gasteiger charge is 2.44. The lowest BCUT2D eigenvalue weighted by molar-refractivity contribution is -0.438. The summed E-state index contributed by atoms with van der Waals surface area (Å²) < 4.78 is 32.0. The molecule has 0 saturated carbocycles. The number of anilines is 1. The zero-order chi connectivity index (χ0) is 41.1. The molecule has 5 heterocycles. The molecule has 1 saturated heterocycles. The molecule has 4 atom stereocenters. The average molecular weight is 813 g/mol. The Labute approximate surface area is 336 Å². The number of hydrogen-bond donors (Lipinski definition) is 5. The predicted octanol–water partition coefficient (Wildman–Crippen LogP) is 6.01. The second-order valence-electron chi connectivity index (χ2n) is 15.8. The van der Waals surface area contributed by atoms with Crippen LogP contribution in [0.1, 0.15) is 77.2 Å². The number of nitrogens with one attached hydrogen (secondary N) is 3. The lowest BCUT2D eigenvalue weighted by atomic mass is 9.81. The summed E-state index contributed by atoms with van der Waals surface area (Å²) >= 11 is 0. The van der Waals surface area contributed by atoms with Crippen molar-refractivity contribution >= 4 is 42.0 Å². The number of carbonyl (C=O) groups is 1. The summed E-state index contributed by atoms with van der Waals surface area (Å²) in [4.78, 5) is 45.0. The fourth-order valence-electron chi connectivity index (χ4n) is 7.95. The number of hydrogen-bond acceptors (Lipinski definition) is 10. The summed E-state index contributed by atoms with van der Waals surface area (Å²) in [5.74, 6) is -0.477. The van der Waals surface area contributed by atoms with Crippen molar-refractivity contribution in [2.75, 3.05) is 25.0 Å². The van der Waals surface area contributed by atoms with Gasteiger partial charge < -0.3 is 30.0 Å². The first-order chi connectivity index (χ1) is 27.8. The quantitative estimate of drug-likeness (QED) is 0.0293. The Hall–Kier alpha value is -5.18. The van der Waals surface area contributed by atoms with Crippen molar-refractivity contribution in [2.24, 2.45) is 0 Å². The minimum Gasteiger partial charge on any atom is -0.412 e. The van der Waals surface area contributed by atoms with Gasteiger partial charge in [-0.25, -0.2) is 14.5 Å². The van der Waals surface area contributed by atoms with Gasteiger partial charge in [-0.05, 0) is 44.4 Å². The molecule has 3 aliphatic heterocycles. The molecule has 4 aromatic rings. The molecule has 58 heavy (non-hydrogen) atoms. The van der Waals surface area contributed by atoms with Crippen molar-refractivity contribution < 1.29 is 37.7 Å². The summed E-state index contributed by atoms with van der Waals surface area (Å²) in [5.41, 5.74) is 7.15. The first-order valence-corrected chi connectivity index (χ1v) is 21.1. The van der Waals surface area contributed by atoms with E-state index in [1.54, 1.807) is 0 Å². The monoisotopic (exact) mass is 812 g/mol. The highest BCUT2D eigenvalue weighted by molar-refractivity contribution is 7.47. The molecule has 2 aromatic heterocycles. The van der Waals surface area contributed by atoms with Gasteiger partial charge in [-0.1, -0.05) is 62.7 Å². The molecule has 7 rings (SSSR count). The number of benzene rings is 2. The number of phosphoric acid groups is 1. The van der Waals surface area contributed by atoms with E-state index in [4.69, 9.17) is 13.8 Å². The van der Waals surface area contributed by atoms with Gasteiger partial charge in [-0.3, -0.25) is 23.6 Å². The minimum atomic E-state index is -4.62. The fraction of sp³-hybridized carbons (Fsp3) is 0.405. The Morgan fingerprint density at radius 3 is 2.64 bits per heavy atom. The van der Waals surface area contributed by atoms with Crippen molar-refractivity contribution in [1.82, 2.24) is 24.8 Å². The van der Waals surface area contributed by atoms with Crippen molar-refractivity contribution in [2.45, 2.75) is 89.1 Å². The number of rotatable bonds is 16. The number of para-hydroxylation sites is 2. The lowest BCUT2D eigenvalue weighted by Crippen LogP contribution is -2.28. The van der Waals surface area contributed by atoms with Crippen LogP contribution in [0.15, 0.2) is 102 Å². The molecule has 5 N–H and O–H groups in total. The van der Waals surface area contributed by atoms with Gasteiger partial charge in [-0.2, -0.15) is 4.58 Å². The molecule has 16 heteroatoms. The lowest BCUT2D eigenvalue weighted by Gasteiger charge is -2.20. The summed E-state index contributed by atoms with van der Waals surface area (Å²) in [7, 11) is -4.62. The highest BCUT2D eigenvalue weighted by Crippen LogP contribution is 2.45. The first kappa shape index (κ1) is 41.0. The third-order valence-electron chi connectivity index (χ3n) is 11.2. The standard InChI is InChI=1S/C42H50N7O8P/c1-41(2)28-14-7-9-16-30(28)47-34(41)18-13-19-35-42(3,4)29-15-8-10-17-31(29)48(35)22-12-6-5-11-21-43-36(51)20-23-55-58(53,54)56-25-33-32(50)24-37(57-33)49-27-46-38-39(49)44-26-45-40(38)52/h7-10,13-20,23,26-27,32-33,37,50H,5-6,11-12,21-22,24-25H2,1-4H3,(H3,43,44,45,51,52,53,54)/p+1/b23-20+. The summed E-state index contributed by atoms with van der Waals surface area (Å²) in [6, 6.07) is 17.1. The van der Waals surface area contributed by atoms with E-state index in [-0.39, 0.29) is 28.4 Å². The smallest absolute Gasteiger partial charge is 0.412 e. The number of aromatic nitrogens is 4. The summed E-state index contributed by atoms with van der Waals surface area (Å²) in [6.45, 7) is 9.90. The Bertz CT molecular complexity index is 2400. The van der Waals surface area contributed by atoms with Gasteiger partial charge in [0.2, 0.25) is 11.6 Å². The molecule has 0 aliphatic carbocycles. The van der Waals surface area contributed by atoms with Gasteiger partial charge in [-0.15, -0.1) is 0 Å². The number of nitrogens with zero attached hydrogens (tertiary/aromatic N) is 4. The molecule has 3 aliphatic rings. The SMILES string of the molecule is CC1(C)C(/C=C/C=C2\Nc3ccccc3C2(C)C)=[N+](CCCCCCNC(=O)/C=C/OP(=O)(O)OCC2OC(n3cnc4c(=O)[nH]cnc43)CC2O)c2ccccc21. The van der Waals surface area contributed by atoms with Crippen molar-refractivity contribution in [1.29, 1.82) is 0 Å². The molecule has 0 radical (unpaired) electrons.